The summed E-state index contributed by atoms with van der Waals surface area (Å²) < 4.78 is 10.3. The highest BCUT2D eigenvalue weighted by molar-refractivity contribution is 9.63. The van der Waals surface area contributed by atoms with Gasteiger partial charge in [-0.05, 0) is 14.8 Å². The molecule has 0 aliphatic rings. The second-order valence-corrected chi connectivity index (χ2v) is 19.6. The fourth-order valence-electron chi connectivity index (χ4n) is 0.718. The molecule has 1 nitrogen and oxygen atoms in total. The minimum atomic E-state index is -2.28. The standard InChI is InChI=1S/C8H18BrOPS3/c1-7(2,3)12-11(10,14-9)13-8(4,5)6/h1-6H3. The Morgan fingerprint density at radius 1 is 0.929 bits per heavy atom. The first kappa shape index (κ1) is 15.8. The zero-order valence-electron chi connectivity index (χ0n) is 9.46. The van der Waals surface area contributed by atoms with Crippen molar-refractivity contribution in [3.63, 3.8) is 0 Å². The zero-order valence-corrected chi connectivity index (χ0v) is 14.4. The van der Waals surface area contributed by atoms with Gasteiger partial charge in [-0.2, -0.15) is 0 Å². The van der Waals surface area contributed by atoms with Crippen molar-refractivity contribution in [1.29, 1.82) is 0 Å². The normalized spacial score (nSPS) is 14.5. The number of hydrogen-bond donors (Lipinski definition) is 0. The lowest BCUT2D eigenvalue weighted by Gasteiger charge is -2.28. The Bertz CT molecular complexity index is 212. The predicted octanol–water partition coefficient (Wildman–Crippen LogP) is 6.20. The first-order valence-electron chi connectivity index (χ1n) is 4.29. The third-order valence-corrected chi connectivity index (χ3v) is 18.8. The first-order chi connectivity index (χ1) is 5.97. The monoisotopic (exact) mass is 336 g/mol. The molecule has 0 aromatic heterocycles. The lowest BCUT2D eigenvalue weighted by molar-refractivity contribution is 0.600. The predicted molar refractivity (Wildman–Crippen MR) is 78.8 cm³/mol. The Labute approximate surface area is 107 Å². The largest absolute Gasteiger partial charge is 0.288 e. The Balaban J connectivity index is 4.59. The fourth-order valence-corrected chi connectivity index (χ4v) is 18.5. The van der Waals surface area contributed by atoms with E-state index in [-0.39, 0.29) is 9.49 Å². The smallest absolute Gasteiger partial charge is 0.255 e. The molecule has 0 saturated carbocycles. The van der Waals surface area contributed by atoms with Gasteiger partial charge in [-0.15, -0.1) is 0 Å². The summed E-state index contributed by atoms with van der Waals surface area (Å²) in [6.07, 6.45) is 0. The van der Waals surface area contributed by atoms with Gasteiger partial charge in [-0.3, -0.25) is 4.57 Å². The molecule has 0 N–H and O–H groups in total. The Hall–Kier alpha value is 1.76. The quantitative estimate of drug-likeness (QED) is 0.570. The summed E-state index contributed by atoms with van der Waals surface area (Å²) in [6, 6.07) is 0. The molecule has 0 aromatic rings. The van der Waals surface area contributed by atoms with Crippen LogP contribution in [0.15, 0.2) is 0 Å². The van der Waals surface area contributed by atoms with Gasteiger partial charge in [0, 0.05) is 19.3 Å². The topological polar surface area (TPSA) is 17.1 Å². The van der Waals surface area contributed by atoms with Gasteiger partial charge in [0.1, 0.15) is 0 Å². The molecule has 0 unspecified atom stereocenters. The van der Waals surface area contributed by atoms with Crippen LogP contribution in [0.4, 0.5) is 0 Å². The molecule has 0 aliphatic carbocycles. The maximum absolute atomic E-state index is 12.5. The molecule has 0 heterocycles. The van der Waals surface area contributed by atoms with Gasteiger partial charge in [0.2, 0.25) is 0 Å². The lowest BCUT2D eigenvalue weighted by Crippen LogP contribution is -2.09. The van der Waals surface area contributed by atoms with E-state index in [2.05, 4.69) is 56.4 Å². The number of rotatable bonds is 3. The molecule has 0 aromatic carbocycles. The van der Waals surface area contributed by atoms with Crippen molar-refractivity contribution in [3.8, 4) is 0 Å². The minimum Gasteiger partial charge on any atom is -0.288 e. The van der Waals surface area contributed by atoms with Crippen LogP contribution in [0.5, 0.6) is 0 Å². The van der Waals surface area contributed by atoms with E-state index in [4.69, 9.17) is 0 Å². The van der Waals surface area contributed by atoms with Crippen molar-refractivity contribution in [2.75, 3.05) is 0 Å². The summed E-state index contributed by atoms with van der Waals surface area (Å²) in [5.74, 6) is 0. The molecule has 86 valence electrons. The van der Waals surface area contributed by atoms with E-state index in [1.807, 2.05) is 0 Å². The Morgan fingerprint density at radius 2 is 1.21 bits per heavy atom. The van der Waals surface area contributed by atoms with Crippen LogP contribution in [0.25, 0.3) is 0 Å². The van der Waals surface area contributed by atoms with Crippen LogP contribution < -0.4 is 0 Å². The van der Waals surface area contributed by atoms with Crippen LogP contribution in [0.1, 0.15) is 41.5 Å². The van der Waals surface area contributed by atoms with Crippen LogP contribution in [-0.2, 0) is 4.57 Å². The van der Waals surface area contributed by atoms with Crippen LogP contribution in [-0.4, -0.2) is 9.49 Å². The van der Waals surface area contributed by atoms with Crippen molar-refractivity contribution in [2.45, 2.75) is 51.0 Å². The van der Waals surface area contributed by atoms with Gasteiger partial charge >= 0.3 is 0 Å². The molecule has 0 bridgehead atoms. The molecule has 0 spiro atoms. The summed E-state index contributed by atoms with van der Waals surface area (Å²) in [5, 5.41) is 0. The van der Waals surface area contributed by atoms with Crippen molar-refractivity contribution in [2.24, 2.45) is 0 Å². The molecule has 0 rings (SSSR count). The molecule has 14 heavy (non-hydrogen) atoms. The molecular weight excluding hydrogens is 319 g/mol. The van der Waals surface area contributed by atoms with E-state index >= 15 is 0 Å². The average molecular weight is 337 g/mol. The third-order valence-electron chi connectivity index (χ3n) is 0.856. The molecule has 0 atom stereocenters. The second kappa shape index (κ2) is 5.39. The molecule has 0 aliphatic heterocycles. The molecule has 0 amide bonds. The summed E-state index contributed by atoms with van der Waals surface area (Å²) in [6.45, 7) is 12.6. The van der Waals surface area contributed by atoms with Gasteiger partial charge in [0.25, 0.3) is 4.75 Å². The summed E-state index contributed by atoms with van der Waals surface area (Å²) in [4.78, 5) is 0. The Kier molecular flexibility index (Phi) is 6.07. The fraction of sp³-hybridized carbons (Fsp3) is 1.00. The molecule has 0 saturated heterocycles. The van der Waals surface area contributed by atoms with Crippen LogP contribution in [0, 0.1) is 0 Å². The van der Waals surface area contributed by atoms with Crippen molar-refractivity contribution < 1.29 is 4.57 Å². The van der Waals surface area contributed by atoms with Crippen molar-refractivity contribution >= 4 is 52.1 Å². The van der Waals surface area contributed by atoms with Gasteiger partial charge in [-0.1, -0.05) is 64.3 Å². The number of hydrogen-bond acceptors (Lipinski definition) is 4. The molecular formula is C8H18BrOPS3. The Morgan fingerprint density at radius 3 is 1.36 bits per heavy atom. The SMILES string of the molecule is CC(C)(C)SP(=O)(SBr)SC(C)(C)C. The van der Waals surface area contributed by atoms with Gasteiger partial charge in [0.15, 0.2) is 0 Å². The van der Waals surface area contributed by atoms with Gasteiger partial charge in [0.05, 0.1) is 0 Å². The van der Waals surface area contributed by atoms with E-state index in [0.29, 0.717) is 0 Å². The van der Waals surface area contributed by atoms with Crippen LogP contribution in [0.3, 0.4) is 0 Å². The minimum absolute atomic E-state index is 0.0363. The van der Waals surface area contributed by atoms with Crippen molar-refractivity contribution in [1.82, 2.24) is 0 Å². The average Bonchev–Trinajstić information content (AvgIpc) is 1.78. The first-order valence-corrected chi connectivity index (χ1v) is 12.1. The molecule has 0 fully saturated rings. The van der Waals surface area contributed by atoms with Gasteiger partial charge < -0.3 is 0 Å². The highest BCUT2D eigenvalue weighted by Gasteiger charge is 2.34. The van der Waals surface area contributed by atoms with E-state index in [9.17, 15) is 4.57 Å². The van der Waals surface area contributed by atoms with Crippen LogP contribution in [0.2, 0.25) is 0 Å². The second-order valence-electron chi connectivity index (χ2n) is 4.92. The van der Waals surface area contributed by atoms with Gasteiger partial charge in [-0.25, -0.2) is 0 Å². The lowest BCUT2D eigenvalue weighted by atomic mass is 10.3. The van der Waals surface area contributed by atoms with E-state index in [0.717, 1.165) is 0 Å². The molecule has 0 radical (unpaired) electrons. The summed E-state index contributed by atoms with van der Waals surface area (Å²) in [7, 11) is 1.32. The van der Waals surface area contributed by atoms with E-state index < -0.39 is 4.75 Å². The summed E-state index contributed by atoms with van der Waals surface area (Å²) >= 11 is 6.42. The van der Waals surface area contributed by atoms with Crippen molar-refractivity contribution in [3.05, 3.63) is 0 Å². The maximum Gasteiger partial charge on any atom is 0.255 e. The highest BCUT2D eigenvalue weighted by atomic mass is 79.9. The number of halogens is 1. The van der Waals surface area contributed by atoms with Crippen LogP contribution >= 0.6 is 52.1 Å². The highest BCUT2D eigenvalue weighted by Crippen LogP contribution is 2.84. The van der Waals surface area contributed by atoms with E-state index in [1.165, 1.54) is 9.82 Å². The summed E-state index contributed by atoms with van der Waals surface area (Å²) in [5.41, 5.74) is 0. The molecule has 6 heteroatoms. The van der Waals surface area contributed by atoms with E-state index in [1.54, 1.807) is 22.8 Å². The third kappa shape index (κ3) is 7.98. The maximum atomic E-state index is 12.5. The zero-order chi connectivity index (χ0) is 11.6.